The number of hydrogen-bond acceptors (Lipinski definition) is 10. The molecule has 4 rings (SSSR count). The normalized spacial score (nSPS) is 12.5. The van der Waals surface area contributed by atoms with Gasteiger partial charge < -0.3 is 22.6 Å². The third kappa shape index (κ3) is 23.4. The van der Waals surface area contributed by atoms with Crippen molar-refractivity contribution in [3.8, 4) is 17.2 Å². The number of rotatable bonds is 42. The van der Waals surface area contributed by atoms with Crippen LogP contribution in [0.2, 0.25) is 0 Å². The Hall–Kier alpha value is -4.41. The van der Waals surface area contributed by atoms with Gasteiger partial charge in [-0.25, -0.2) is 19.1 Å². The Morgan fingerprint density at radius 3 is 1.58 bits per heavy atom. The van der Waals surface area contributed by atoms with Crippen molar-refractivity contribution < 1.29 is 40.6 Å². The summed E-state index contributed by atoms with van der Waals surface area (Å²) in [6.07, 6.45) is 31.4. The maximum absolute atomic E-state index is 13.8. The van der Waals surface area contributed by atoms with Crippen LogP contribution < -0.4 is 22.5 Å². The fourth-order valence-corrected chi connectivity index (χ4v) is 10.1. The first-order chi connectivity index (χ1) is 35.3. The van der Waals surface area contributed by atoms with Crippen LogP contribution in [-0.2, 0) is 37.5 Å². The molecule has 0 aliphatic heterocycles. The molecular weight excluding hydrogens is 963 g/mol. The zero-order valence-electron chi connectivity index (χ0n) is 45.6. The van der Waals surface area contributed by atoms with Crippen LogP contribution >= 0.6 is 0 Å². The summed E-state index contributed by atoms with van der Waals surface area (Å²) in [4.78, 5) is 31.4. The average molecular weight is 1050 g/mol. The SMILES string of the molecule is CCCCCCCCCCCCOC(=O)c1cc(OS(=O)Nc2ccc(OCCCCCCCC)c(OS(=O)NC(C)(C)c3cnc4cc(C(C)C)[nH]n34)c2)cc(C(=O)OCCCCCCCCCCCC)c1. The summed E-state index contributed by atoms with van der Waals surface area (Å²) in [7, 11) is 0. The Morgan fingerprint density at radius 2 is 1.08 bits per heavy atom. The summed E-state index contributed by atoms with van der Waals surface area (Å²) in [5.41, 5.74) is 2.15. The predicted octanol–water partition coefficient (Wildman–Crippen LogP) is 15.2. The smallest absolute Gasteiger partial charge is 0.338 e. The fourth-order valence-electron chi connectivity index (χ4n) is 8.57. The van der Waals surface area contributed by atoms with Gasteiger partial charge in [-0.1, -0.05) is 182 Å². The number of fused-ring (bicyclic) bond motifs is 1. The highest BCUT2D eigenvalue weighted by molar-refractivity contribution is 7.82. The number of unbranched alkanes of at least 4 members (excludes halogenated alkanes) is 23. The van der Waals surface area contributed by atoms with E-state index in [1.807, 2.05) is 24.4 Å². The lowest BCUT2D eigenvalue weighted by atomic mass is 10.0. The van der Waals surface area contributed by atoms with E-state index in [1.165, 1.54) is 127 Å². The van der Waals surface area contributed by atoms with Crippen molar-refractivity contribution >= 4 is 45.8 Å². The molecule has 0 saturated heterocycles. The Morgan fingerprint density at radius 1 is 0.603 bits per heavy atom. The van der Waals surface area contributed by atoms with E-state index in [4.69, 9.17) is 22.6 Å². The summed E-state index contributed by atoms with van der Waals surface area (Å²) < 4.78 is 64.7. The van der Waals surface area contributed by atoms with Crippen LogP contribution in [0.1, 0.15) is 253 Å². The summed E-state index contributed by atoms with van der Waals surface area (Å²) in [5, 5.41) is 3.39. The number of esters is 2. The molecular formula is C57H91N5O9S2. The average Bonchev–Trinajstić information content (AvgIpc) is 3.97. The Kier molecular flexibility index (Phi) is 29.3. The van der Waals surface area contributed by atoms with Crippen LogP contribution in [0.25, 0.3) is 5.65 Å². The molecule has 0 bridgehead atoms. The minimum absolute atomic E-state index is 0.00423. The zero-order chi connectivity index (χ0) is 52.7. The second-order valence-electron chi connectivity index (χ2n) is 20.3. The first-order valence-corrected chi connectivity index (χ1v) is 30.1. The summed E-state index contributed by atoms with van der Waals surface area (Å²) in [6, 6.07) is 11.1. The number of carbonyl (C=O) groups is 2. The fraction of sp³-hybridized carbons (Fsp3) is 0.667. The molecule has 410 valence electrons. The number of nitrogens with one attached hydrogen (secondary N) is 3. The van der Waals surface area contributed by atoms with Gasteiger partial charge in [0.1, 0.15) is 5.75 Å². The maximum Gasteiger partial charge on any atom is 0.338 e. The molecule has 3 N–H and O–H groups in total. The Labute approximate surface area is 443 Å². The van der Waals surface area contributed by atoms with Gasteiger partial charge in [0, 0.05) is 17.8 Å². The van der Waals surface area contributed by atoms with Crippen molar-refractivity contribution in [3.05, 3.63) is 71.2 Å². The first kappa shape index (κ1) is 61.1. The van der Waals surface area contributed by atoms with Gasteiger partial charge in [-0.05, 0) is 69.4 Å². The molecule has 0 saturated carbocycles. The van der Waals surface area contributed by atoms with E-state index in [-0.39, 0.29) is 41.8 Å². The van der Waals surface area contributed by atoms with Gasteiger partial charge in [-0.3, -0.25) is 9.82 Å². The predicted molar refractivity (Wildman–Crippen MR) is 297 cm³/mol. The van der Waals surface area contributed by atoms with Crippen molar-refractivity contribution in [2.24, 2.45) is 0 Å². The maximum atomic E-state index is 13.8. The van der Waals surface area contributed by atoms with E-state index in [9.17, 15) is 18.0 Å². The standard InChI is InChI=1S/C57H91N5O9S2/c1-8-11-14-17-20-22-24-26-29-32-37-68-55(63)46-39-47(56(64)69-38-33-30-27-25-23-21-18-15-12-9-2)41-49(40-46)70-72(65)60-48-34-35-51(67-36-31-28-19-16-13-10-3)52(42-48)71-73(66)61-57(6,7)53-44-58-54-43-50(45(4)5)59-62(53)54/h34-35,39-45,59-61H,8-33,36-38H2,1-7H3. The van der Waals surface area contributed by atoms with Crippen LogP contribution in [0.3, 0.4) is 0 Å². The Bertz CT molecular complexity index is 2190. The molecule has 2 aromatic heterocycles. The van der Waals surface area contributed by atoms with Crippen molar-refractivity contribution in [1.29, 1.82) is 0 Å². The zero-order valence-corrected chi connectivity index (χ0v) is 47.2. The highest BCUT2D eigenvalue weighted by atomic mass is 32.2. The number of imidazole rings is 1. The topological polar surface area (TPSA) is 172 Å². The molecule has 2 atom stereocenters. The number of ether oxygens (including phenoxy) is 3. The second kappa shape index (κ2) is 35.0. The molecule has 14 nitrogen and oxygen atoms in total. The number of nitrogens with zero attached hydrogens (tertiary/aromatic N) is 2. The van der Waals surface area contributed by atoms with Crippen molar-refractivity contribution in [1.82, 2.24) is 19.3 Å². The van der Waals surface area contributed by atoms with E-state index >= 15 is 0 Å². The van der Waals surface area contributed by atoms with Gasteiger partial charge in [0.25, 0.3) is 11.3 Å². The Balaban J connectivity index is 1.43. The third-order valence-electron chi connectivity index (χ3n) is 13.0. The van der Waals surface area contributed by atoms with E-state index in [1.54, 1.807) is 24.4 Å². The summed E-state index contributed by atoms with van der Waals surface area (Å²) >= 11 is -4.32. The molecule has 0 amide bonds. The number of benzene rings is 2. The second-order valence-corrected chi connectivity index (χ2v) is 22.0. The number of anilines is 1. The number of H-pyrrole nitrogens is 1. The van der Waals surface area contributed by atoms with Crippen LogP contribution in [0.5, 0.6) is 17.2 Å². The van der Waals surface area contributed by atoms with E-state index in [0.29, 0.717) is 18.0 Å². The van der Waals surface area contributed by atoms with Gasteiger partial charge in [-0.15, -0.1) is 0 Å². The lowest BCUT2D eigenvalue weighted by molar-refractivity contribution is 0.0495. The van der Waals surface area contributed by atoms with E-state index < -0.39 is 40.0 Å². The molecule has 73 heavy (non-hydrogen) atoms. The molecule has 0 fully saturated rings. The van der Waals surface area contributed by atoms with Gasteiger partial charge in [0.05, 0.1) is 54.1 Å². The molecule has 16 heteroatoms. The van der Waals surface area contributed by atoms with Crippen LogP contribution in [0.15, 0.2) is 48.7 Å². The minimum Gasteiger partial charge on any atom is -0.490 e. The largest absolute Gasteiger partial charge is 0.490 e. The number of hydrogen-bond donors (Lipinski definition) is 3. The first-order valence-electron chi connectivity index (χ1n) is 27.9. The monoisotopic (exact) mass is 1050 g/mol. The highest BCUT2D eigenvalue weighted by Gasteiger charge is 2.29. The number of aromatic amines is 1. The third-order valence-corrected chi connectivity index (χ3v) is 14.7. The number of carbonyl (C=O) groups excluding carboxylic acids is 2. The van der Waals surface area contributed by atoms with Gasteiger partial charge >= 0.3 is 23.2 Å². The number of aromatic nitrogens is 3. The van der Waals surface area contributed by atoms with Crippen molar-refractivity contribution in [2.45, 2.75) is 227 Å². The summed E-state index contributed by atoms with van der Waals surface area (Å²) in [6.45, 7) is 15.5. The molecule has 2 unspecified atom stereocenters. The lowest BCUT2D eigenvalue weighted by Gasteiger charge is -2.24. The molecule has 0 aliphatic carbocycles. The van der Waals surface area contributed by atoms with Crippen LogP contribution in [0.4, 0.5) is 5.69 Å². The molecule has 2 aromatic carbocycles. The van der Waals surface area contributed by atoms with Gasteiger partial charge in [0.15, 0.2) is 17.1 Å². The molecule has 0 spiro atoms. The molecule has 0 radical (unpaired) electrons. The summed E-state index contributed by atoms with van der Waals surface area (Å²) in [5.74, 6) is -0.446. The molecule has 0 aliphatic rings. The molecule has 4 aromatic rings. The quantitative estimate of drug-likeness (QED) is 0.0286. The van der Waals surface area contributed by atoms with Crippen LogP contribution in [-0.4, -0.2) is 54.8 Å². The minimum atomic E-state index is -2.24. The van der Waals surface area contributed by atoms with Crippen molar-refractivity contribution in [2.75, 3.05) is 24.5 Å². The van der Waals surface area contributed by atoms with Crippen LogP contribution in [0, 0.1) is 0 Å². The lowest BCUT2D eigenvalue weighted by Crippen LogP contribution is -2.40. The van der Waals surface area contributed by atoms with Gasteiger partial charge in [-0.2, -0.15) is 13.1 Å². The highest BCUT2D eigenvalue weighted by Crippen LogP contribution is 2.33. The van der Waals surface area contributed by atoms with Gasteiger partial charge in [0.2, 0.25) is 0 Å². The van der Waals surface area contributed by atoms with E-state index in [0.717, 1.165) is 74.8 Å². The van der Waals surface area contributed by atoms with E-state index in [2.05, 4.69) is 54.1 Å². The van der Waals surface area contributed by atoms with Crippen molar-refractivity contribution in [3.63, 3.8) is 0 Å². The molecule has 2 heterocycles.